The van der Waals surface area contributed by atoms with E-state index < -0.39 is 0 Å². The molecule has 78 valence electrons. The van der Waals surface area contributed by atoms with Crippen LogP contribution in [0.15, 0.2) is 4.99 Å². The summed E-state index contributed by atoms with van der Waals surface area (Å²) in [6, 6.07) is 0. The van der Waals surface area contributed by atoms with Crippen molar-refractivity contribution < 1.29 is 0 Å². The average molecular weight is 194 g/mol. The van der Waals surface area contributed by atoms with E-state index >= 15 is 0 Å². The molecule has 0 aromatic carbocycles. The van der Waals surface area contributed by atoms with Crippen molar-refractivity contribution in [1.29, 1.82) is 5.41 Å². The van der Waals surface area contributed by atoms with E-state index in [0.717, 1.165) is 31.3 Å². The number of nitrogens with zero attached hydrogens (tertiary/aromatic N) is 3. The molecule has 2 fully saturated rings. The predicted molar refractivity (Wildman–Crippen MR) is 58.0 cm³/mol. The van der Waals surface area contributed by atoms with Crippen LogP contribution in [0.3, 0.4) is 0 Å². The molecular weight excluding hydrogens is 176 g/mol. The molecular formula is C10H18N4. The molecule has 4 heteroatoms. The Labute approximate surface area is 85.1 Å². The molecule has 2 rings (SSSR count). The number of piperazine rings is 1. The zero-order valence-corrected chi connectivity index (χ0v) is 8.95. The number of rotatable bonds is 1. The van der Waals surface area contributed by atoms with Crippen molar-refractivity contribution in [3.05, 3.63) is 0 Å². The molecule has 1 saturated carbocycles. The largest absolute Gasteiger partial charge is 0.316 e. The molecule has 0 aromatic rings. The van der Waals surface area contributed by atoms with Crippen molar-refractivity contribution in [2.24, 2.45) is 10.9 Å². The fraction of sp³-hybridized carbons (Fsp3) is 0.800. The summed E-state index contributed by atoms with van der Waals surface area (Å²) in [6.45, 7) is 2.85. The Balaban J connectivity index is 2.05. The zero-order valence-electron chi connectivity index (χ0n) is 8.95. The third kappa shape index (κ3) is 1.80. The molecule has 1 heterocycles. The van der Waals surface area contributed by atoms with Gasteiger partial charge < -0.3 is 4.90 Å². The van der Waals surface area contributed by atoms with Gasteiger partial charge >= 0.3 is 0 Å². The first-order valence-electron chi connectivity index (χ1n) is 5.22. The van der Waals surface area contributed by atoms with E-state index in [1.807, 2.05) is 7.05 Å². The minimum absolute atomic E-state index is 0.523. The van der Waals surface area contributed by atoms with E-state index in [1.165, 1.54) is 12.8 Å². The highest BCUT2D eigenvalue weighted by molar-refractivity contribution is 6.02. The first-order chi connectivity index (χ1) is 6.72. The molecule has 0 radical (unpaired) electrons. The van der Waals surface area contributed by atoms with E-state index in [-0.39, 0.29) is 0 Å². The average Bonchev–Trinajstić information content (AvgIpc) is 3.00. The normalized spacial score (nSPS) is 27.0. The third-order valence-corrected chi connectivity index (χ3v) is 2.94. The van der Waals surface area contributed by atoms with Crippen molar-refractivity contribution in [3.8, 4) is 0 Å². The third-order valence-electron chi connectivity index (χ3n) is 2.94. The minimum atomic E-state index is 0.523. The topological polar surface area (TPSA) is 42.7 Å². The molecule has 0 aromatic heterocycles. The maximum absolute atomic E-state index is 8.03. The Kier molecular flexibility index (Phi) is 2.54. The molecule has 14 heavy (non-hydrogen) atoms. The van der Waals surface area contributed by atoms with Crippen LogP contribution < -0.4 is 0 Å². The van der Waals surface area contributed by atoms with Gasteiger partial charge in [-0.05, 0) is 19.9 Å². The number of nitrogens with one attached hydrogen (secondary N) is 1. The van der Waals surface area contributed by atoms with Gasteiger partial charge in [-0.3, -0.25) is 15.3 Å². The summed E-state index contributed by atoms with van der Waals surface area (Å²) >= 11 is 0. The number of likely N-dealkylation sites (N-methyl/N-ethyl adjacent to an activating group) is 1. The second-order valence-corrected chi connectivity index (χ2v) is 4.19. The quantitative estimate of drug-likeness (QED) is 0.492. The highest BCUT2D eigenvalue weighted by Crippen LogP contribution is 2.31. The van der Waals surface area contributed by atoms with E-state index in [2.05, 4.69) is 21.8 Å². The van der Waals surface area contributed by atoms with Gasteiger partial charge in [0.05, 0.1) is 6.54 Å². The van der Waals surface area contributed by atoms with Crippen molar-refractivity contribution in [2.75, 3.05) is 33.7 Å². The number of aliphatic imine (C=N–C) groups is 1. The van der Waals surface area contributed by atoms with Crippen LogP contribution in [0.1, 0.15) is 12.8 Å². The van der Waals surface area contributed by atoms with Crippen LogP contribution in [0.25, 0.3) is 0 Å². The molecule has 1 N–H and O–H groups in total. The van der Waals surface area contributed by atoms with E-state index in [0.29, 0.717) is 5.92 Å². The van der Waals surface area contributed by atoms with Crippen molar-refractivity contribution in [1.82, 2.24) is 9.80 Å². The Morgan fingerprint density at radius 2 is 2.14 bits per heavy atom. The summed E-state index contributed by atoms with van der Waals surface area (Å²) in [6.07, 6.45) is 2.39. The number of hydrogen-bond donors (Lipinski definition) is 1. The van der Waals surface area contributed by atoms with Crippen molar-refractivity contribution in [2.45, 2.75) is 12.8 Å². The van der Waals surface area contributed by atoms with Gasteiger partial charge in [-0.1, -0.05) is 0 Å². The Bertz CT molecular complexity index is 267. The van der Waals surface area contributed by atoms with Crippen molar-refractivity contribution in [3.63, 3.8) is 0 Å². The van der Waals surface area contributed by atoms with Gasteiger partial charge in [-0.2, -0.15) is 0 Å². The highest BCUT2D eigenvalue weighted by Gasteiger charge is 2.33. The monoisotopic (exact) mass is 194 g/mol. The molecule has 1 saturated heterocycles. The lowest BCUT2D eigenvalue weighted by atomic mass is 10.2. The molecule has 1 aliphatic carbocycles. The van der Waals surface area contributed by atoms with Gasteiger partial charge in [0.2, 0.25) is 0 Å². The summed E-state index contributed by atoms with van der Waals surface area (Å²) in [4.78, 5) is 8.61. The van der Waals surface area contributed by atoms with Gasteiger partial charge in [-0.25, -0.2) is 0 Å². The SMILES string of the molecule is CN=C1CN(C)CCN1C(=N)C1CC1. The maximum atomic E-state index is 8.03. The number of hydrogen-bond acceptors (Lipinski definition) is 3. The fourth-order valence-corrected chi connectivity index (χ4v) is 1.83. The minimum Gasteiger partial charge on any atom is -0.316 e. The lowest BCUT2D eigenvalue weighted by molar-refractivity contribution is 0.310. The second-order valence-electron chi connectivity index (χ2n) is 4.19. The Morgan fingerprint density at radius 3 is 2.71 bits per heavy atom. The maximum Gasteiger partial charge on any atom is 0.118 e. The first kappa shape index (κ1) is 9.65. The highest BCUT2D eigenvalue weighted by atomic mass is 15.3. The summed E-state index contributed by atoms with van der Waals surface area (Å²) < 4.78 is 0. The van der Waals surface area contributed by atoms with Crippen LogP contribution in [0.2, 0.25) is 0 Å². The van der Waals surface area contributed by atoms with Gasteiger partial charge in [-0.15, -0.1) is 0 Å². The molecule has 0 unspecified atom stereocenters. The van der Waals surface area contributed by atoms with E-state index in [1.54, 1.807) is 0 Å². The summed E-state index contributed by atoms with van der Waals surface area (Å²) in [5, 5.41) is 8.03. The van der Waals surface area contributed by atoms with E-state index in [9.17, 15) is 0 Å². The standard InChI is InChI=1S/C10H18N4/c1-12-9-7-13(2)5-6-14(9)10(11)8-3-4-8/h8,11H,3-7H2,1-2H3. The molecule has 0 amide bonds. The zero-order chi connectivity index (χ0) is 10.1. The van der Waals surface area contributed by atoms with Crippen LogP contribution in [0.5, 0.6) is 0 Å². The lowest BCUT2D eigenvalue weighted by Gasteiger charge is -2.35. The van der Waals surface area contributed by atoms with Crippen LogP contribution >= 0.6 is 0 Å². The summed E-state index contributed by atoms with van der Waals surface area (Å²) in [7, 11) is 3.92. The fourth-order valence-electron chi connectivity index (χ4n) is 1.83. The Morgan fingerprint density at radius 1 is 1.43 bits per heavy atom. The summed E-state index contributed by atoms with van der Waals surface area (Å²) in [5.74, 6) is 2.37. The van der Waals surface area contributed by atoms with Gasteiger partial charge in [0.15, 0.2) is 0 Å². The van der Waals surface area contributed by atoms with Gasteiger partial charge in [0, 0.05) is 26.1 Å². The smallest absolute Gasteiger partial charge is 0.118 e. The van der Waals surface area contributed by atoms with Crippen LogP contribution in [0.4, 0.5) is 0 Å². The molecule has 4 nitrogen and oxygen atoms in total. The van der Waals surface area contributed by atoms with Gasteiger partial charge in [0.1, 0.15) is 11.7 Å². The van der Waals surface area contributed by atoms with Crippen LogP contribution in [0, 0.1) is 11.3 Å². The molecule has 0 atom stereocenters. The predicted octanol–water partition coefficient (Wildman–Crippen LogP) is 0.649. The second kappa shape index (κ2) is 3.69. The van der Waals surface area contributed by atoms with E-state index in [4.69, 9.17) is 5.41 Å². The molecule has 2 aliphatic rings. The molecule has 0 spiro atoms. The van der Waals surface area contributed by atoms with Crippen LogP contribution in [-0.2, 0) is 0 Å². The molecule has 0 bridgehead atoms. The Hall–Kier alpha value is -0.900. The molecule has 1 aliphatic heterocycles. The van der Waals surface area contributed by atoms with Gasteiger partial charge in [0.25, 0.3) is 0 Å². The number of amidine groups is 2. The summed E-state index contributed by atoms with van der Waals surface area (Å²) in [5.41, 5.74) is 0. The van der Waals surface area contributed by atoms with Crippen LogP contribution in [-0.4, -0.2) is 55.2 Å². The lowest BCUT2D eigenvalue weighted by Crippen LogP contribution is -2.51. The first-order valence-corrected chi connectivity index (χ1v) is 5.22. The van der Waals surface area contributed by atoms with Crippen molar-refractivity contribution >= 4 is 11.7 Å².